The predicted molar refractivity (Wildman–Crippen MR) is 46.0 cm³/mol. The number of alkyl halides is 2. The van der Waals surface area contributed by atoms with Crippen molar-refractivity contribution in [2.45, 2.75) is 6.92 Å². The number of phosphoric acid groups is 1. The van der Waals surface area contributed by atoms with Gasteiger partial charge in [0, 0.05) is 6.92 Å². The quantitative estimate of drug-likeness (QED) is 0.494. The number of rotatable bonds is 7. The second-order valence-corrected chi connectivity index (χ2v) is 3.53. The fraction of sp³-hybridized carbons (Fsp3) is 0.714. The van der Waals surface area contributed by atoms with Crippen molar-refractivity contribution in [1.29, 1.82) is 0 Å². The molecule has 0 aliphatic carbocycles. The summed E-state index contributed by atoms with van der Waals surface area (Å²) < 4.78 is 48.1. The maximum absolute atomic E-state index is 11.7. The standard InChI is InChI=1S/C7H11F2O4P/c1-2-5-11-14(10,12-6-3-8)13-7-4-9/h3-4,6-7H2,1H3. The molecule has 0 amide bonds. The van der Waals surface area contributed by atoms with E-state index in [2.05, 4.69) is 19.5 Å². The number of phosphoric ester groups is 1. The predicted octanol–water partition coefficient (Wildman–Crippen LogP) is 2.06. The molecule has 0 saturated carbocycles. The van der Waals surface area contributed by atoms with Crippen LogP contribution >= 0.6 is 7.82 Å². The minimum Gasteiger partial charge on any atom is -0.350 e. The highest BCUT2D eigenvalue weighted by Gasteiger charge is 2.27. The highest BCUT2D eigenvalue weighted by atomic mass is 31.2. The molecule has 0 rings (SSSR count). The Morgan fingerprint density at radius 1 is 1.21 bits per heavy atom. The van der Waals surface area contributed by atoms with Crippen LogP contribution in [0.15, 0.2) is 0 Å². The Labute approximate surface area is 81.1 Å². The normalized spacial score (nSPS) is 10.5. The Morgan fingerprint density at radius 3 is 2.07 bits per heavy atom. The van der Waals surface area contributed by atoms with E-state index in [0.29, 0.717) is 0 Å². The van der Waals surface area contributed by atoms with Gasteiger partial charge in [0.2, 0.25) is 0 Å². The van der Waals surface area contributed by atoms with Gasteiger partial charge in [-0.3, -0.25) is 9.05 Å². The van der Waals surface area contributed by atoms with Gasteiger partial charge in [0.25, 0.3) is 0 Å². The molecular formula is C7H11F2O4P. The summed E-state index contributed by atoms with van der Waals surface area (Å²) in [7, 11) is -3.92. The number of hydrogen-bond acceptors (Lipinski definition) is 4. The van der Waals surface area contributed by atoms with Crippen LogP contribution in [0.25, 0.3) is 0 Å². The summed E-state index contributed by atoms with van der Waals surface area (Å²) in [5.74, 6) is 2.28. The van der Waals surface area contributed by atoms with E-state index in [1.165, 1.54) is 6.92 Å². The summed E-state index contributed by atoms with van der Waals surface area (Å²) >= 11 is 0. The first-order chi connectivity index (χ1) is 6.68. The molecule has 0 aliphatic heterocycles. The molecule has 14 heavy (non-hydrogen) atoms. The fourth-order valence-corrected chi connectivity index (χ4v) is 1.45. The van der Waals surface area contributed by atoms with Gasteiger partial charge in [-0.25, -0.2) is 13.3 Å². The Hall–Kier alpha value is -0.630. The molecule has 0 aromatic rings. The first kappa shape index (κ1) is 13.4. The van der Waals surface area contributed by atoms with Crippen molar-refractivity contribution in [1.82, 2.24) is 0 Å². The average molecular weight is 228 g/mol. The molecule has 82 valence electrons. The van der Waals surface area contributed by atoms with Gasteiger partial charge in [0.1, 0.15) is 19.5 Å². The molecule has 0 atom stereocenters. The molecule has 0 bridgehead atoms. The Bertz CT molecular complexity index is 236. The molecule has 0 aromatic heterocycles. The first-order valence-corrected chi connectivity index (χ1v) is 5.26. The van der Waals surface area contributed by atoms with Crippen LogP contribution in [-0.4, -0.2) is 26.6 Å². The first-order valence-electron chi connectivity index (χ1n) is 3.80. The zero-order chi connectivity index (χ0) is 10.9. The highest BCUT2D eigenvalue weighted by molar-refractivity contribution is 7.48. The Kier molecular flexibility index (Phi) is 7.40. The van der Waals surface area contributed by atoms with Crippen molar-refractivity contribution in [2.24, 2.45) is 0 Å². The molecule has 0 fully saturated rings. The third-order valence-corrected chi connectivity index (χ3v) is 2.23. The third kappa shape index (κ3) is 5.92. The summed E-state index contributed by atoms with van der Waals surface area (Å²) in [6.07, 6.45) is 2.00. The minimum absolute atomic E-state index is 0.449. The van der Waals surface area contributed by atoms with Gasteiger partial charge in [-0.2, -0.15) is 0 Å². The Morgan fingerprint density at radius 2 is 1.71 bits per heavy atom. The lowest BCUT2D eigenvalue weighted by Gasteiger charge is -2.12. The molecule has 0 heterocycles. The van der Waals surface area contributed by atoms with E-state index in [0.717, 1.165) is 0 Å². The van der Waals surface area contributed by atoms with Crippen LogP contribution in [0, 0.1) is 12.0 Å². The van der Waals surface area contributed by atoms with Crippen molar-refractivity contribution >= 4 is 7.82 Å². The molecule has 0 radical (unpaired) electrons. The van der Waals surface area contributed by atoms with E-state index in [4.69, 9.17) is 0 Å². The van der Waals surface area contributed by atoms with Crippen LogP contribution in [0.3, 0.4) is 0 Å². The van der Waals surface area contributed by atoms with E-state index in [-0.39, 0.29) is 0 Å². The summed E-state index contributed by atoms with van der Waals surface area (Å²) in [5.41, 5.74) is 0. The average Bonchev–Trinajstić information content (AvgIpc) is 2.21. The minimum atomic E-state index is -3.92. The van der Waals surface area contributed by atoms with Crippen LogP contribution < -0.4 is 0 Å². The van der Waals surface area contributed by atoms with Gasteiger partial charge in [-0.05, 0) is 0 Å². The van der Waals surface area contributed by atoms with E-state index in [9.17, 15) is 13.3 Å². The third-order valence-electron chi connectivity index (χ3n) is 0.913. The zero-order valence-electron chi connectivity index (χ0n) is 7.66. The molecule has 0 spiro atoms. The molecule has 0 N–H and O–H groups in total. The maximum Gasteiger partial charge on any atom is 0.538 e. The molecule has 0 saturated heterocycles. The van der Waals surface area contributed by atoms with Crippen molar-refractivity contribution < 1.29 is 26.9 Å². The molecule has 7 heteroatoms. The second kappa shape index (κ2) is 7.74. The summed E-state index contributed by atoms with van der Waals surface area (Å²) in [6, 6.07) is 0. The van der Waals surface area contributed by atoms with Gasteiger partial charge >= 0.3 is 7.82 Å². The van der Waals surface area contributed by atoms with Crippen molar-refractivity contribution in [3.63, 3.8) is 0 Å². The second-order valence-electron chi connectivity index (χ2n) is 1.93. The molecule has 0 unspecified atom stereocenters. The van der Waals surface area contributed by atoms with Crippen LogP contribution in [-0.2, 0) is 18.1 Å². The van der Waals surface area contributed by atoms with Gasteiger partial charge in [-0.15, -0.1) is 0 Å². The van der Waals surface area contributed by atoms with Crippen LogP contribution in [0.2, 0.25) is 0 Å². The van der Waals surface area contributed by atoms with Gasteiger partial charge in [-0.1, -0.05) is 5.92 Å². The lowest BCUT2D eigenvalue weighted by molar-refractivity contribution is 0.133. The van der Waals surface area contributed by atoms with E-state index in [1.807, 2.05) is 6.11 Å². The molecule has 0 aliphatic rings. The van der Waals surface area contributed by atoms with Crippen molar-refractivity contribution in [3.8, 4) is 12.0 Å². The number of halogens is 2. The van der Waals surface area contributed by atoms with Crippen LogP contribution in [0.1, 0.15) is 6.92 Å². The lowest BCUT2D eigenvalue weighted by atomic mass is 10.8. The summed E-state index contributed by atoms with van der Waals surface area (Å²) in [6.45, 7) is -1.14. The fourth-order valence-electron chi connectivity index (χ4n) is 0.484. The van der Waals surface area contributed by atoms with Gasteiger partial charge in [0.15, 0.2) is 0 Å². The van der Waals surface area contributed by atoms with E-state index >= 15 is 0 Å². The van der Waals surface area contributed by atoms with Crippen molar-refractivity contribution in [3.05, 3.63) is 0 Å². The van der Waals surface area contributed by atoms with Crippen LogP contribution in [0.5, 0.6) is 0 Å². The molecule has 0 aromatic carbocycles. The maximum atomic E-state index is 11.7. The topological polar surface area (TPSA) is 44.8 Å². The SMILES string of the molecule is CC#COP(=O)(OCCF)OCCF. The lowest BCUT2D eigenvalue weighted by Crippen LogP contribution is -2.02. The summed E-state index contributed by atoms with van der Waals surface area (Å²) in [4.78, 5) is 0. The van der Waals surface area contributed by atoms with Gasteiger partial charge in [0.05, 0.1) is 13.2 Å². The highest BCUT2D eigenvalue weighted by Crippen LogP contribution is 2.48. The van der Waals surface area contributed by atoms with E-state index in [1.54, 1.807) is 0 Å². The molecular weight excluding hydrogens is 217 g/mol. The largest absolute Gasteiger partial charge is 0.538 e. The zero-order valence-corrected chi connectivity index (χ0v) is 8.56. The Balaban J connectivity index is 4.15. The van der Waals surface area contributed by atoms with Crippen LogP contribution in [0.4, 0.5) is 8.78 Å². The van der Waals surface area contributed by atoms with E-state index < -0.39 is 34.4 Å². The van der Waals surface area contributed by atoms with Crippen molar-refractivity contribution in [2.75, 3.05) is 26.6 Å². The smallest absolute Gasteiger partial charge is 0.350 e. The number of hydrogen-bond donors (Lipinski definition) is 0. The van der Waals surface area contributed by atoms with Gasteiger partial charge < -0.3 is 4.52 Å². The monoisotopic (exact) mass is 228 g/mol. The summed E-state index contributed by atoms with van der Waals surface area (Å²) in [5, 5.41) is 0. The molecule has 4 nitrogen and oxygen atoms in total.